The molecule has 0 atom stereocenters. The molecular weight excluding hydrogens is 130 g/mol. The topological polar surface area (TPSA) is 38.7 Å². The maximum Gasteiger partial charge on any atom is 0.250 e. The first-order valence-corrected chi connectivity index (χ1v) is 3.08. The van der Waals surface area contributed by atoms with Crippen molar-refractivity contribution in [2.45, 2.75) is 26.3 Å². The van der Waals surface area contributed by atoms with Crippen molar-refractivity contribution in [3.63, 3.8) is 0 Å². The summed E-state index contributed by atoms with van der Waals surface area (Å²) < 4.78 is 4.66. The van der Waals surface area contributed by atoms with Crippen LogP contribution in [0.5, 0.6) is 0 Å². The first-order valence-electron chi connectivity index (χ1n) is 3.08. The molecule has 58 valence electrons. The molecule has 0 aromatic rings. The van der Waals surface area contributed by atoms with Crippen LogP contribution in [0.15, 0.2) is 4.99 Å². The van der Waals surface area contributed by atoms with Crippen LogP contribution in [0.4, 0.5) is 0 Å². The Hall–Kier alpha value is -0.860. The van der Waals surface area contributed by atoms with E-state index in [-0.39, 0.29) is 11.4 Å². The fourth-order valence-electron chi connectivity index (χ4n) is 0.451. The van der Waals surface area contributed by atoms with Crippen molar-refractivity contribution >= 4 is 12.2 Å². The van der Waals surface area contributed by atoms with Gasteiger partial charge in [0.15, 0.2) is 0 Å². The lowest BCUT2D eigenvalue weighted by Crippen LogP contribution is -2.15. The number of hydrogen-bond acceptors (Lipinski definition) is 3. The molecule has 0 bridgehead atoms. The van der Waals surface area contributed by atoms with Gasteiger partial charge in [-0.3, -0.25) is 4.79 Å². The Morgan fingerprint density at radius 3 is 2.10 bits per heavy atom. The third kappa shape index (κ3) is 4.06. The Bertz CT molecular complexity index is 144. The lowest BCUT2D eigenvalue weighted by Gasteiger charge is -2.11. The monoisotopic (exact) mass is 143 g/mol. The fraction of sp³-hybridized carbons (Fsp3) is 0.714. The summed E-state index contributed by atoms with van der Waals surface area (Å²) in [5.74, 6) is 0.146. The minimum atomic E-state index is -0.244. The van der Waals surface area contributed by atoms with E-state index in [1.807, 2.05) is 20.8 Å². The first-order chi connectivity index (χ1) is 4.49. The highest BCUT2D eigenvalue weighted by Crippen LogP contribution is 2.05. The van der Waals surface area contributed by atoms with E-state index < -0.39 is 0 Å². The predicted octanol–water partition coefficient (Wildman–Crippen LogP) is 1.03. The van der Waals surface area contributed by atoms with Crippen LogP contribution in [0.25, 0.3) is 0 Å². The summed E-state index contributed by atoms with van der Waals surface area (Å²) in [7, 11) is 1.43. The van der Waals surface area contributed by atoms with Gasteiger partial charge in [0.05, 0.1) is 12.6 Å². The number of hydrogen-bond donors (Lipinski definition) is 0. The molecule has 0 aliphatic heterocycles. The Morgan fingerprint density at radius 1 is 1.50 bits per heavy atom. The largest absolute Gasteiger partial charge is 0.479 e. The minimum absolute atomic E-state index is 0.146. The quantitative estimate of drug-likeness (QED) is 0.312. The number of carbonyl (C=O) groups excluding carboxylic acids is 1. The van der Waals surface area contributed by atoms with Gasteiger partial charge in [0.2, 0.25) is 12.2 Å². The van der Waals surface area contributed by atoms with Crippen LogP contribution < -0.4 is 0 Å². The molecule has 0 aliphatic carbocycles. The van der Waals surface area contributed by atoms with Gasteiger partial charge in [0.1, 0.15) is 0 Å². The second kappa shape index (κ2) is 3.34. The highest BCUT2D eigenvalue weighted by molar-refractivity contribution is 6.23. The number of aldehydes is 1. The molecule has 0 fully saturated rings. The molecule has 0 unspecified atom stereocenters. The summed E-state index contributed by atoms with van der Waals surface area (Å²) in [5, 5.41) is 0. The first kappa shape index (κ1) is 9.14. The highest BCUT2D eigenvalue weighted by atomic mass is 16.5. The van der Waals surface area contributed by atoms with Crippen LogP contribution in [-0.2, 0) is 9.53 Å². The summed E-state index contributed by atoms with van der Waals surface area (Å²) in [6.45, 7) is 5.70. The zero-order chi connectivity index (χ0) is 8.20. The van der Waals surface area contributed by atoms with Gasteiger partial charge in [-0.2, -0.15) is 0 Å². The summed E-state index contributed by atoms with van der Waals surface area (Å²) >= 11 is 0. The molecule has 0 aliphatic rings. The average molecular weight is 143 g/mol. The normalized spacial score (nSPS) is 13.0. The lowest BCUT2D eigenvalue weighted by atomic mass is 10.1. The molecule has 0 aromatic carbocycles. The molecule has 3 heteroatoms. The van der Waals surface area contributed by atoms with E-state index in [1.165, 1.54) is 7.11 Å². The third-order valence-corrected chi connectivity index (χ3v) is 0.756. The maximum absolute atomic E-state index is 10.2. The molecule has 0 rings (SSSR count). The number of ether oxygens (including phenoxy) is 1. The minimum Gasteiger partial charge on any atom is -0.479 e. The number of nitrogens with zero attached hydrogens (tertiary/aromatic N) is 1. The van der Waals surface area contributed by atoms with E-state index in [2.05, 4.69) is 9.73 Å². The Morgan fingerprint density at radius 2 is 2.00 bits per heavy atom. The molecule has 0 amide bonds. The van der Waals surface area contributed by atoms with Gasteiger partial charge in [-0.15, -0.1) is 0 Å². The van der Waals surface area contributed by atoms with E-state index >= 15 is 0 Å². The van der Waals surface area contributed by atoms with Crippen molar-refractivity contribution in [1.82, 2.24) is 0 Å². The van der Waals surface area contributed by atoms with Gasteiger partial charge in [-0.05, 0) is 20.8 Å². The van der Waals surface area contributed by atoms with Gasteiger partial charge >= 0.3 is 0 Å². The average Bonchev–Trinajstić information content (AvgIpc) is 1.81. The Kier molecular flexibility index (Phi) is 3.06. The van der Waals surface area contributed by atoms with Crippen LogP contribution >= 0.6 is 0 Å². The van der Waals surface area contributed by atoms with Crippen LogP contribution in [0.3, 0.4) is 0 Å². The van der Waals surface area contributed by atoms with Gasteiger partial charge in [-0.1, -0.05) is 0 Å². The van der Waals surface area contributed by atoms with Crippen molar-refractivity contribution in [3.8, 4) is 0 Å². The van der Waals surface area contributed by atoms with Crippen LogP contribution in [-0.4, -0.2) is 24.8 Å². The van der Waals surface area contributed by atoms with Crippen molar-refractivity contribution in [2.24, 2.45) is 4.99 Å². The number of aliphatic imine (C=N–C) groups is 1. The molecule has 3 nitrogen and oxygen atoms in total. The number of methoxy groups -OCH3 is 1. The molecule has 0 saturated heterocycles. The second-order valence-electron chi connectivity index (χ2n) is 2.94. The van der Waals surface area contributed by atoms with Gasteiger partial charge in [0, 0.05) is 0 Å². The summed E-state index contributed by atoms with van der Waals surface area (Å²) in [6, 6.07) is 0. The summed E-state index contributed by atoms with van der Waals surface area (Å²) in [4.78, 5) is 14.1. The smallest absolute Gasteiger partial charge is 0.250 e. The molecule has 0 spiro atoms. The second-order valence-corrected chi connectivity index (χ2v) is 2.94. The Labute approximate surface area is 61.1 Å². The molecular formula is C7H13NO2. The van der Waals surface area contributed by atoms with Crippen LogP contribution in [0.1, 0.15) is 20.8 Å². The molecule has 0 radical (unpaired) electrons. The van der Waals surface area contributed by atoms with Gasteiger partial charge in [-0.25, -0.2) is 4.99 Å². The van der Waals surface area contributed by atoms with E-state index in [0.717, 1.165) is 0 Å². The van der Waals surface area contributed by atoms with E-state index in [0.29, 0.717) is 6.29 Å². The van der Waals surface area contributed by atoms with Crippen LogP contribution in [0, 0.1) is 0 Å². The maximum atomic E-state index is 10.2. The molecule has 0 aromatic heterocycles. The zero-order valence-electron chi connectivity index (χ0n) is 6.84. The molecule has 0 saturated carbocycles. The van der Waals surface area contributed by atoms with Crippen molar-refractivity contribution in [2.75, 3.05) is 7.11 Å². The third-order valence-electron chi connectivity index (χ3n) is 0.756. The SMILES string of the molecule is COC(C=O)=NC(C)(C)C. The number of rotatable bonds is 1. The molecule has 0 N–H and O–H groups in total. The van der Waals surface area contributed by atoms with Crippen LogP contribution in [0.2, 0.25) is 0 Å². The standard InChI is InChI=1S/C7H13NO2/c1-7(2,3)8-6(5-9)10-4/h5H,1-4H3. The van der Waals surface area contributed by atoms with E-state index in [4.69, 9.17) is 0 Å². The molecule has 0 heterocycles. The summed E-state index contributed by atoms with van der Waals surface area (Å²) in [6.07, 6.45) is 0.602. The lowest BCUT2D eigenvalue weighted by molar-refractivity contribution is -0.103. The molecule has 10 heavy (non-hydrogen) atoms. The number of carbonyl (C=O) groups is 1. The van der Waals surface area contributed by atoms with Crippen molar-refractivity contribution in [3.05, 3.63) is 0 Å². The van der Waals surface area contributed by atoms with Gasteiger partial charge in [0.25, 0.3) is 0 Å². The van der Waals surface area contributed by atoms with E-state index in [1.54, 1.807) is 0 Å². The van der Waals surface area contributed by atoms with Crippen molar-refractivity contribution < 1.29 is 9.53 Å². The fourth-order valence-corrected chi connectivity index (χ4v) is 0.451. The Balaban J connectivity index is 4.24. The highest BCUT2D eigenvalue weighted by Gasteiger charge is 2.08. The summed E-state index contributed by atoms with van der Waals surface area (Å²) in [5.41, 5.74) is -0.244. The van der Waals surface area contributed by atoms with Gasteiger partial charge < -0.3 is 4.74 Å². The predicted molar refractivity (Wildman–Crippen MR) is 40.3 cm³/mol. The van der Waals surface area contributed by atoms with E-state index in [9.17, 15) is 4.79 Å². The van der Waals surface area contributed by atoms with Crippen molar-refractivity contribution in [1.29, 1.82) is 0 Å². The zero-order valence-corrected chi connectivity index (χ0v) is 6.84.